The molecule has 0 radical (unpaired) electrons. The van der Waals surface area contributed by atoms with Gasteiger partial charge in [-0.15, -0.1) is 0 Å². The molecule has 21 heavy (non-hydrogen) atoms. The van der Waals surface area contributed by atoms with Crippen LogP contribution in [-0.4, -0.2) is 13.2 Å². The number of rotatable bonds is 4. The highest BCUT2D eigenvalue weighted by atomic mass is 16.6. The lowest BCUT2D eigenvalue weighted by Crippen LogP contribution is -2.25. The van der Waals surface area contributed by atoms with Crippen molar-refractivity contribution in [2.45, 2.75) is 32.0 Å². The molecule has 3 rings (SSSR count). The summed E-state index contributed by atoms with van der Waals surface area (Å²) in [5, 5.41) is 0. The van der Waals surface area contributed by atoms with Gasteiger partial charge in [-0.05, 0) is 23.1 Å². The van der Waals surface area contributed by atoms with Crippen LogP contribution in [0.5, 0.6) is 0 Å². The SMILES string of the molecule is CCCc1ccc(C2COC(c3ccccc3)CO2)cc1. The molecule has 110 valence electrons. The summed E-state index contributed by atoms with van der Waals surface area (Å²) in [7, 11) is 0. The molecule has 0 saturated carbocycles. The van der Waals surface area contributed by atoms with Gasteiger partial charge in [0.05, 0.1) is 13.2 Å². The van der Waals surface area contributed by atoms with Crippen LogP contribution in [0.4, 0.5) is 0 Å². The summed E-state index contributed by atoms with van der Waals surface area (Å²) in [5.74, 6) is 0. The minimum Gasteiger partial charge on any atom is -0.368 e. The molecule has 1 aliphatic rings. The minimum absolute atomic E-state index is 0.0561. The number of hydrogen-bond donors (Lipinski definition) is 0. The van der Waals surface area contributed by atoms with Gasteiger partial charge in [0.25, 0.3) is 0 Å². The lowest BCUT2D eigenvalue weighted by Gasteiger charge is -2.30. The Morgan fingerprint density at radius 3 is 1.90 bits per heavy atom. The van der Waals surface area contributed by atoms with E-state index >= 15 is 0 Å². The maximum atomic E-state index is 6.01. The molecule has 1 fully saturated rings. The first-order chi connectivity index (χ1) is 10.4. The Bertz CT molecular complexity index is 540. The Kier molecular flexibility index (Phi) is 4.69. The van der Waals surface area contributed by atoms with Crippen LogP contribution in [0, 0.1) is 0 Å². The van der Waals surface area contributed by atoms with E-state index in [1.807, 2.05) is 18.2 Å². The van der Waals surface area contributed by atoms with Crippen molar-refractivity contribution in [3.63, 3.8) is 0 Å². The van der Waals surface area contributed by atoms with Crippen LogP contribution >= 0.6 is 0 Å². The van der Waals surface area contributed by atoms with Gasteiger partial charge in [0, 0.05) is 0 Å². The second-order valence-electron chi connectivity index (χ2n) is 5.55. The van der Waals surface area contributed by atoms with Crippen LogP contribution in [0.25, 0.3) is 0 Å². The van der Waals surface area contributed by atoms with Gasteiger partial charge in [-0.25, -0.2) is 0 Å². The summed E-state index contributed by atoms with van der Waals surface area (Å²) in [5.41, 5.74) is 3.79. The summed E-state index contributed by atoms with van der Waals surface area (Å²) >= 11 is 0. The molecule has 2 aromatic rings. The highest BCUT2D eigenvalue weighted by Crippen LogP contribution is 2.29. The first kappa shape index (κ1) is 14.3. The fourth-order valence-electron chi connectivity index (χ4n) is 2.74. The van der Waals surface area contributed by atoms with Gasteiger partial charge >= 0.3 is 0 Å². The van der Waals surface area contributed by atoms with Crippen LogP contribution in [-0.2, 0) is 15.9 Å². The molecule has 1 saturated heterocycles. The summed E-state index contributed by atoms with van der Waals surface area (Å²) in [6, 6.07) is 19.0. The minimum atomic E-state index is 0.0561. The van der Waals surface area contributed by atoms with Crippen molar-refractivity contribution in [2.24, 2.45) is 0 Å². The van der Waals surface area contributed by atoms with Gasteiger partial charge in [-0.1, -0.05) is 67.9 Å². The zero-order valence-electron chi connectivity index (χ0n) is 12.5. The molecule has 2 atom stereocenters. The lowest BCUT2D eigenvalue weighted by molar-refractivity contribution is -0.137. The molecule has 0 aromatic heterocycles. The van der Waals surface area contributed by atoms with Crippen molar-refractivity contribution in [3.05, 3.63) is 71.3 Å². The highest BCUT2D eigenvalue weighted by Gasteiger charge is 2.24. The van der Waals surface area contributed by atoms with E-state index in [0.29, 0.717) is 13.2 Å². The highest BCUT2D eigenvalue weighted by molar-refractivity contribution is 5.25. The van der Waals surface area contributed by atoms with Gasteiger partial charge in [-0.2, -0.15) is 0 Å². The Morgan fingerprint density at radius 1 is 0.810 bits per heavy atom. The van der Waals surface area contributed by atoms with Crippen molar-refractivity contribution in [2.75, 3.05) is 13.2 Å². The van der Waals surface area contributed by atoms with Gasteiger partial charge in [0.1, 0.15) is 12.2 Å². The van der Waals surface area contributed by atoms with E-state index in [1.165, 1.54) is 23.1 Å². The van der Waals surface area contributed by atoms with E-state index in [-0.39, 0.29) is 12.2 Å². The molecule has 1 heterocycles. The zero-order valence-corrected chi connectivity index (χ0v) is 12.5. The Balaban J connectivity index is 1.60. The summed E-state index contributed by atoms with van der Waals surface area (Å²) < 4.78 is 12.0. The van der Waals surface area contributed by atoms with Crippen molar-refractivity contribution in [3.8, 4) is 0 Å². The monoisotopic (exact) mass is 282 g/mol. The lowest BCUT2D eigenvalue weighted by atomic mass is 10.0. The molecular weight excluding hydrogens is 260 g/mol. The largest absolute Gasteiger partial charge is 0.368 e. The molecule has 0 aliphatic carbocycles. The molecule has 0 bridgehead atoms. The fraction of sp³-hybridized carbons (Fsp3) is 0.368. The maximum Gasteiger partial charge on any atom is 0.106 e. The smallest absolute Gasteiger partial charge is 0.106 e. The quantitative estimate of drug-likeness (QED) is 0.823. The molecule has 2 aromatic carbocycles. The van der Waals surface area contributed by atoms with E-state index in [4.69, 9.17) is 9.47 Å². The summed E-state index contributed by atoms with van der Waals surface area (Å²) in [4.78, 5) is 0. The fourth-order valence-corrected chi connectivity index (χ4v) is 2.74. The van der Waals surface area contributed by atoms with Crippen molar-refractivity contribution >= 4 is 0 Å². The van der Waals surface area contributed by atoms with Gasteiger partial charge in [0.2, 0.25) is 0 Å². The van der Waals surface area contributed by atoms with E-state index in [2.05, 4.69) is 43.3 Å². The third-order valence-electron chi connectivity index (χ3n) is 3.96. The number of aryl methyl sites for hydroxylation is 1. The summed E-state index contributed by atoms with van der Waals surface area (Å²) in [6.07, 6.45) is 2.43. The topological polar surface area (TPSA) is 18.5 Å². The van der Waals surface area contributed by atoms with Crippen LogP contribution in [0.3, 0.4) is 0 Å². The third-order valence-corrected chi connectivity index (χ3v) is 3.96. The third kappa shape index (κ3) is 3.52. The van der Waals surface area contributed by atoms with Crippen LogP contribution in [0.15, 0.2) is 54.6 Å². The first-order valence-electron chi connectivity index (χ1n) is 7.74. The van der Waals surface area contributed by atoms with E-state index in [0.717, 1.165) is 6.42 Å². The molecule has 2 nitrogen and oxygen atoms in total. The zero-order chi connectivity index (χ0) is 14.5. The molecule has 0 spiro atoms. The van der Waals surface area contributed by atoms with E-state index < -0.39 is 0 Å². The van der Waals surface area contributed by atoms with Gasteiger partial charge in [-0.3, -0.25) is 0 Å². The Hall–Kier alpha value is -1.64. The number of hydrogen-bond acceptors (Lipinski definition) is 2. The van der Waals surface area contributed by atoms with Crippen molar-refractivity contribution < 1.29 is 9.47 Å². The summed E-state index contributed by atoms with van der Waals surface area (Å²) in [6.45, 7) is 3.44. The predicted octanol–water partition coefficient (Wildman–Crippen LogP) is 4.47. The van der Waals surface area contributed by atoms with Gasteiger partial charge < -0.3 is 9.47 Å². The molecule has 0 N–H and O–H groups in total. The molecule has 2 unspecified atom stereocenters. The molecular formula is C19H22O2. The number of benzene rings is 2. The normalized spacial score (nSPS) is 22.1. The maximum absolute atomic E-state index is 6.01. The van der Waals surface area contributed by atoms with Crippen molar-refractivity contribution in [1.29, 1.82) is 0 Å². The van der Waals surface area contributed by atoms with E-state index in [1.54, 1.807) is 0 Å². The molecule has 0 amide bonds. The Morgan fingerprint density at radius 2 is 1.38 bits per heavy atom. The van der Waals surface area contributed by atoms with Crippen LogP contribution in [0.2, 0.25) is 0 Å². The van der Waals surface area contributed by atoms with Gasteiger partial charge in [0.15, 0.2) is 0 Å². The van der Waals surface area contributed by atoms with Crippen LogP contribution < -0.4 is 0 Å². The average Bonchev–Trinajstić information content (AvgIpc) is 2.57. The molecule has 1 aliphatic heterocycles. The van der Waals surface area contributed by atoms with Crippen molar-refractivity contribution in [1.82, 2.24) is 0 Å². The first-order valence-corrected chi connectivity index (χ1v) is 7.74. The number of ether oxygens (including phenoxy) is 2. The second kappa shape index (κ2) is 6.88. The van der Waals surface area contributed by atoms with Crippen LogP contribution in [0.1, 0.15) is 42.2 Å². The average molecular weight is 282 g/mol. The molecule has 2 heteroatoms. The Labute approximate surface area is 126 Å². The van der Waals surface area contributed by atoms with E-state index in [9.17, 15) is 0 Å². The standard InChI is InChI=1S/C19H22O2/c1-2-6-15-9-11-17(12-10-15)19-14-20-18(13-21-19)16-7-4-3-5-8-16/h3-5,7-12,18-19H,2,6,13-14H2,1H3. The predicted molar refractivity (Wildman–Crippen MR) is 84.3 cm³/mol. The second-order valence-corrected chi connectivity index (χ2v) is 5.55.